The van der Waals surface area contributed by atoms with Gasteiger partial charge in [-0.3, -0.25) is 9.59 Å². The summed E-state index contributed by atoms with van der Waals surface area (Å²) in [5, 5.41) is 3.32. The van der Waals surface area contributed by atoms with Crippen molar-refractivity contribution in [2.45, 2.75) is 31.7 Å². The summed E-state index contributed by atoms with van der Waals surface area (Å²) in [5.41, 5.74) is 1.22. The second-order valence-corrected chi connectivity index (χ2v) is 6.97. The summed E-state index contributed by atoms with van der Waals surface area (Å²) in [7, 11) is 0. The van der Waals surface area contributed by atoms with Crippen molar-refractivity contribution in [2.75, 3.05) is 26.2 Å². The van der Waals surface area contributed by atoms with Gasteiger partial charge < -0.3 is 14.8 Å². The molecule has 5 heteroatoms. The van der Waals surface area contributed by atoms with Crippen LogP contribution in [0.15, 0.2) is 23.0 Å². The third-order valence-corrected chi connectivity index (χ3v) is 5.48. The third-order valence-electron chi connectivity index (χ3n) is 5.48. The average Bonchev–Trinajstić information content (AvgIpc) is 2.56. The van der Waals surface area contributed by atoms with Crippen molar-refractivity contribution in [3.8, 4) is 0 Å². The lowest BCUT2D eigenvalue weighted by Gasteiger charge is -2.44. The first-order valence-electron chi connectivity index (χ1n) is 8.41. The molecule has 3 aliphatic rings. The summed E-state index contributed by atoms with van der Waals surface area (Å²) in [6.45, 7) is 4.27. The Morgan fingerprint density at radius 3 is 2.77 bits per heavy atom. The maximum atomic E-state index is 12.8. The third kappa shape index (κ3) is 2.37. The lowest BCUT2D eigenvalue weighted by atomic mass is 9.82. The maximum Gasteiger partial charge on any atom is 0.250 e. The van der Waals surface area contributed by atoms with Gasteiger partial charge in [-0.1, -0.05) is 6.07 Å². The molecule has 3 aliphatic heterocycles. The Bertz CT molecular complexity index is 633. The minimum Gasteiger partial charge on any atom is -0.341 e. The number of fused-ring (bicyclic) bond motifs is 4. The fraction of sp³-hybridized carbons (Fsp3) is 0.647. The molecule has 2 fully saturated rings. The number of carbonyl (C=O) groups is 1. The van der Waals surface area contributed by atoms with Crippen LogP contribution in [0.4, 0.5) is 0 Å². The molecule has 2 atom stereocenters. The summed E-state index contributed by atoms with van der Waals surface area (Å²) in [5.74, 6) is 1.28. The number of rotatable bonds is 1. The summed E-state index contributed by atoms with van der Waals surface area (Å²) in [6, 6.07) is 5.55. The van der Waals surface area contributed by atoms with Gasteiger partial charge in [0.25, 0.3) is 5.56 Å². The number of hydrogen-bond donors (Lipinski definition) is 1. The van der Waals surface area contributed by atoms with Crippen LogP contribution in [0.3, 0.4) is 0 Å². The fourth-order valence-corrected chi connectivity index (χ4v) is 4.40. The largest absolute Gasteiger partial charge is 0.341 e. The molecule has 4 heterocycles. The fourth-order valence-electron chi connectivity index (χ4n) is 4.40. The summed E-state index contributed by atoms with van der Waals surface area (Å²) >= 11 is 0. The number of aromatic nitrogens is 1. The van der Waals surface area contributed by atoms with E-state index in [1.165, 1.54) is 0 Å². The van der Waals surface area contributed by atoms with E-state index >= 15 is 0 Å². The lowest BCUT2D eigenvalue weighted by Crippen LogP contribution is -2.51. The summed E-state index contributed by atoms with van der Waals surface area (Å²) in [6.07, 6.45) is 3.03. The van der Waals surface area contributed by atoms with Crippen LogP contribution in [0.1, 0.15) is 30.9 Å². The molecule has 1 aromatic rings. The highest BCUT2D eigenvalue weighted by atomic mass is 16.2. The lowest BCUT2D eigenvalue weighted by molar-refractivity contribution is -0.139. The van der Waals surface area contributed by atoms with Crippen LogP contribution < -0.4 is 10.9 Å². The molecule has 22 heavy (non-hydrogen) atoms. The zero-order chi connectivity index (χ0) is 15.1. The maximum absolute atomic E-state index is 12.8. The van der Waals surface area contributed by atoms with E-state index in [-0.39, 0.29) is 11.5 Å². The van der Waals surface area contributed by atoms with Crippen molar-refractivity contribution in [3.05, 3.63) is 34.2 Å². The minimum absolute atomic E-state index is 0.102. The predicted octanol–water partition coefficient (Wildman–Crippen LogP) is 0.794. The number of hydrogen-bond acceptors (Lipinski definition) is 3. The van der Waals surface area contributed by atoms with E-state index in [4.69, 9.17) is 0 Å². The Kier molecular flexibility index (Phi) is 3.53. The van der Waals surface area contributed by atoms with Gasteiger partial charge in [0.15, 0.2) is 0 Å². The highest BCUT2D eigenvalue weighted by molar-refractivity contribution is 5.79. The topological polar surface area (TPSA) is 54.3 Å². The number of nitrogens with one attached hydrogen (secondary N) is 1. The molecule has 0 spiro atoms. The van der Waals surface area contributed by atoms with Crippen LogP contribution in [0, 0.1) is 11.8 Å². The Labute approximate surface area is 130 Å². The average molecular weight is 301 g/mol. The molecule has 0 radical (unpaired) electrons. The van der Waals surface area contributed by atoms with E-state index < -0.39 is 0 Å². The second-order valence-electron chi connectivity index (χ2n) is 6.97. The number of likely N-dealkylation sites (tertiary alicyclic amines) is 1. The van der Waals surface area contributed by atoms with Crippen LogP contribution in [0.2, 0.25) is 0 Å². The molecule has 2 bridgehead atoms. The predicted molar refractivity (Wildman–Crippen MR) is 83.7 cm³/mol. The summed E-state index contributed by atoms with van der Waals surface area (Å²) < 4.78 is 1.92. The van der Waals surface area contributed by atoms with Gasteiger partial charge in [0, 0.05) is 43.2 Å². The van der Waals surface area contributed by atoms with E-state index in [2.05, 4.69) is 16.3 Å². The Hall–Kier alpha value is -1.62. The molecule has 2 saturated heterocycles. The molecule has 118 valence electrons. The first-order valence-corrected chi connectivity index (χ1v) is 8.41. The highest BCUT2D eigenvalue weighted by Crippen LogP contribution is 2.35. The van der Waals surface area contributed by atoms with Gasteiger partial charge in [-0.05, 0) is 44.3 Å². The minimum atomic E-state index is 0.102. The molecule has 4 rings (SSSR count). The molecular weight excluding hydrogens is 278 g/mol. The molecular formula is C17H23N3O2. The quantitative estimate of drug-likeness (QED) is 0.834. The van der Waals surface area contributed by atoms with Crippen LogP contribution in [0.25, 0.3) is 0 Å². The Morgan fingerprint density at radius 1 is 1.14 bits per heavy atom. The van der Waals surface area contributed by atoms with E-state index in [0.29, 0.717) is 17.7 Å². The molecule has 1 amide bonds. The molecule has 1 aromatic heterocycles. The van der Waals surface area contributed by atoms with Crippen molar-refractivity contribution in [2.24, 2.45) is 11.8 Å². The molecule has 0 aromatic carbocycles. The van der Waals surface area contributed by atoms with Gasteiger partial charge in [-0.15, -0.1) is 0 Å². The SMILES string of the molecule is O=C(C1CCNCC1)N1C[C@@H]2C[C@H](C1)c1cccc(=O)n1C2. The van der Waals surface area contributed by atoms with Crippen molar-refractivity contribution >= 4 is 5.91 Å². The second kappa shape index (κ2) is 5.54. The van der Waals surface area contributed by atoms with Gasteiger partial charge >= 0.3 is 0 Å². The van der Waals surface area contributed by atoms with Crippen molar-refractivity contribution in [1.29, 1.82) is 0 Å². The van der Waals surface area contributed by atoms with Gasteiger partial charge in [0.1, 0.15) is 0 Å². The molecule has 0 saturated carbocycles. The van der Waals surface area contributed by atoms with E-state index in [9.17, 15) is 9.59 Å². The first-order chi connectivity index (χ1) is 10.7. The standard InChI is InChI=1S/C17H23N3O2/c21-16-3-1-2-15-14-8-12(10-20(15)16)9-19(11-14)17(22)13-4-6-18-7-5-13/h1-3,12-14,18H,4-11H2/t12-,14+/m0/s1. The van der Waals surface area contributed by atoms with Crippen molar-refractivity contribution in [1.82, 2.24) is 14.8 Å². The van der Waals surface area contributed by atoms with Crippen molar-refractivity contribution < 1.29 is 4.79 Å². The zero-order valence-corrected chi connectivity index (χ0v) is 12.8. The number of piperidine rings is 2. The molecule has 0 unspecified atom stereocenters. The number of nitrogens with zero attached hydrogens (tertiary/aromatic N) is 2. The van der Waals surface area contributed by atoms with Crippen LogP contribution in [0.5, 0.6) is 0 Å². The van der Waals surface area contributed by atoms with Gasteiger partial charge in [-0.2, -0.15) is 0 Å². The van der Waals surface area contributed by atoms with Crippen LogP contribution >= 0.6 is 0 Å². The molecule has 0 aliphatic carbocycles. The van der Waals surface area contributed by atoms with Gasteiger partial charge in [0.2, 0.25) is 5.91 Å². The zero-order valence-electron chi connectivity index (χ0n) is 12.8. The number of amides is 1. The van der Waals surface area contributed by atoms with E-state index in [1.54, 1.807) is 6.07 Å². The van der Waals surface area contributed by atoms with Gasteiger partial charge in [0.05, 0.1) is 0 Å². The smallest absolute Gasteiger partial charge is 0.250 e. The van der Waals surface area contributed by atoms with Crippen LogP contribution in [-0.2, 0) is 11.3 Å². The molecule has 5 nitrogen and oxygen atoms in total. The molecule has 1 N–H and O–H groups in total. The summed E-state index contributed by atoms with van der Waals surface area (Å²) in [4.78, 5) is 26.9. The van der Waals surface area contributed by atoms with E-state index in [0.717, 1.165) is 57.7 Å². The normalized spacial score (nSPS) is 28.3. The van der Waals surface area contributed by atoms with Crippen LogP contribution in [-0.4, -0.2) is 41.6 Å². The Balaban J connectivity index is 1.55. The van der Waals surface area contributed by atoms with E-state index in [1.807, 2.05) is 10.6 Å². The highest BCUT2D eigenvalue weighted by Gasteiger charge is 2.37. The Morgan fingerprint density at radius 2 is 1.95 bits per heavy atom. The first kappa shape index (κ1) is 14.0. The van der Waals surface area contributed by atoms with Crippen molar-refractivity contribution in [3.63, 3.8) is 0 Å². The number of pyridine rings is 1. The van der Waals surface area contributed by atoms with Gasteiger partial charge in [-0.25, -0.2) is 0 Å². The monoisotopic (exact) mass is 301 g/mol. The number of carbonyl (C=O) groups excluding carboxylic acids is 1.